The minimum atomic E-state index is -3.19. The molecule has 3 N–H and O–H groups in total. The molecule has 0 unspecified atom stereocenters. The van der Waals surface area contributed by atoms with Crippen LogP contribution in [-0.2, 0) is 10.0 Å². The maximum absolute atomic E-state index is 12.1. The Balaban J connectivity index is 1.73. The van der Waals surface area contributed by atoms with Gasteiger partial charge in [-0.3, -0.25) is 9.59 Å². The molecule has 1 saturated heterocycles. The molecular weight excluding hydrogens is 424 g/mol. The van der Waals surface area contributed by atoms with E-state index in [9.17, 15) is 18.0 Å². The number of hydrogen-bond acceptors (Lipinski definition) is 6. The summed E-state index contributed by atoms with van der Waals surface area (Å²) in [6, 6.07) is 3.64. The van der Waals surface area contributed by atoms with Gasteiger partial charge in [-0.15, -0.1) is 11.3 Å². The lowest BCUT2D eigenvalue weighted by atomic mass is 9.89. The van der Waals surface area contributed by atoms with E-state index in [1.807, 2.05) is 12.3 Å². The van der Waals surface area contributed by atoms with Crippen molar-refractivity contribution in [2.24, 2.45) is 5.73 Å². The number of amides is 1. The molecule has 1 aromatic carbocycles. The average Bonchev–Trinajstić information content (AvgIpc) is 3.40. The van der Waals surface area contributed by atoms with Gasteiger partial charge in [0.15, 0.2) is 6.29 Å². The minimum Gasteiger partial charge on any atom is -0.366 e. The summed E-state index contributed by atoms with van der Waals surface area (Å²) in [6.07, 6.45) is 5.54. The normalized spacial score (nSPS) is 16.2. The number of primary amides is 1. The molecule has 158 valence electrons. The van der Waals surface area contributed by atoms with E-state index in [4.69, 9.17) is 5.73 Å². The van der Waals surface area contributed by atoms with Crippen molar-refractivity contribution in [2.45, 2.75) is 25.7 Å². The second-order valence-electron chi connectivity index (χ2n) is 7.31. The summed E-state index contributed by atoms with van der Waals surface area (Å²) < 4.78 is 25.8. The van der Waals surface area contributed by atoms with Crippen LogP contribution < -0.4 is 5.73 Å². The first-order valence-electron chi connectivity index (χ1n) is 9.68. The molecule has 3 heterocycles. The summed E-state index contributed by atoms with van der Waals surface area (Å²) in [5.41, 5.74) is 8.41. The Labute approximate surface area is 178 Å². The van der Waals surface area contributed by atoms with Gasteiger partial charge >= 0.3 is 0 Å². The van der Waals surface area contributed by atoms with Crippen molar-refractivity contribution in [1.29, 1.82) is 0 Å². The zero-order chi connectivity index (χ0) is 21.5. The van der Waals surface area contributed by atoms with Crippen LogP contribution in [0, 0.1) is 0 Å². The first-order valence-corrected chi connectivity index (χ1v) is 12.1. The Bertz CT molecular complexity index is 1220. The van der Waals surface area contributed by atoms with Gasteiger partial charge in [-0.1, -0.05) is 0 Å². The first-order chi connectivity index (χ1) is 14.3. The van der Waals surface area contributed by atoms with Gasteiger partial charge < -0.3 is 10.7 Å². The summed E-state index contributed by atoms with van der Waals surface area (Å²) in [4.78, 5) is 31.1. The number of aromatic amines is 1. The van der Waals surface area contributed by atoms with Crippen molar-refractivity contribution in [2.75, 3.05) is 18.8 Å². The van der Waals surface area contributed by atoms with Gasteiger partial charge in [0.25, 0.3) is 5.91 Å². The third kappa shape index (κ3) is 3.66. The molecule has 0 atom stereocenters. The number of aromatic nitrogens is 2. The number of nitrogens with zero attached hydrogens (tertiary/aromatic N) is 2. The molecule has 1 fully saturated rings. The van der Waals surface area contributed by atoms with E-state index >= 15 is 0 Å². The van der Waals surface area contributed by atoms with E-state index in [1.54, 1.807) is 17.3 Å². The highest BCUT2D eigenvalue weighted by Crippen LogP contribution is 2.37. The van der Waals surface area contributed by atoms with Crippen LogP contribution in [0.15, 0.2) is 24.5 Å². The summed E-state index contributed by atoms with van der Waals surface area (Å²) in [5, 5.41) is 1.51. The van der Waals surface area contributed by atoms with Crippen LogP contribution in [0.1, 0.15) is 51.3 Å². The van der Waals surface area contributed by atoms with Gasteiger partial charge in [-0.25, -0.2) is 17.7 Å². The molecular formula is C20H22N4O4S2. The third-order valence-electron chi connectivity index (χ3n) is 5.63. The molecule has 10 heteroatoms. The smallest absolute Gasteiger partial charge is 0.250 e. The number of rotatable bonds is 6. The Morgan fingerprint density at radius 3 is 2.70 bits per heavy atom. The summed E-state index contributed by atoms with van der Waals surface area (Å²) in [7, 11) is -3.19. The molecule has 2 aromatic heterocycles. The number of nitrogens with one attached hydrogen (secondary N) is 1. The van der Waals surface area contributed by atoms with Gasteiger partial charge in [0, 0.05) is 36.4 Å². The fourth-order valence-corrected chi connectivity index (χ4v) is 5.86. The highest BCUT2D eigenvalue weighted by molar-refractivity contribution is 7.89. The van der Waals surface area contributed by atoms with E-state index in [-0.39, 0.29) is 11.7 Å². The average molecular weight is 447 g/mol. The summed E-state index contributed by atoms with van der Waals surface area (Å²) in [6.45, 7) is 2.61. The van der Waals surface area contributed by atoms with Crippen molar-refractivity contribution in [3.63, 3.8) is 0 Å². The van der Waals surface area contributed by atoms with E-state index < -0.39 is 15.9 Å². The number of piperidine rings is 1. The predicted molar refractivity (Wildman–Crippen MR) is 116 cm³/mol. The number of aldehydes is 1. The molecule has 0 radical (unpaired) electrons. The van der Waals surface area contributed by atoms with Crippen molar-refractivity contribution < 1.29 is 18.0 Å². The third-order valence-corrected chi connectivity index (χ3v) is 8.48. The van der Waals surface area contributed by atoms with Crippen LogP contribution in [0.4, 0.5) is 0 Å². The second-order valence-corrected chi connectivity index (χ2v) is 10.6. The van der Waals surface area contributed by atoms with Gasteiger partial charge in [-0.05, 0) is 43.4 Å². The number of carbonyl (C=O) groups excluding carboxylic acids is 2. The molecule has 0 aliphatic carbocycles. The monoisotopic (exact) mass is 446 g/mol. The van der Waals surface area contributed by atoms with Gasteiger partial charge in [0.2, 0.25) is 10.0 Å². The lowest BCUT2D eigenvalue weighted by Crippen LogP contribution is -2.38. The van der Waals surface area contributed by atoms with Crippen molar-refractivity contribution >= 4 is 44.5 Å². The lowest BCUT2D eigenvalue weighted by molar-refractivity contribution is 0.100. The number of benzene rings is 1. The van der Waals surface area contributed by atoms with Crippen molar-refractivity contribution in [1.82, 2.24) is 14.3 Å². The van der Waals surface area contributed by atoms with Crippen LogP contribution in [0.3, 0.4) is 0 Å². The Hall–Kier alpha value is -2.56. The highest BCUT2D eigenvalue weighted by atomic mass is 32.2. The number of sulfonamides is 1. The largest absolute Gasteiger partial charge is 0.366 e. The molecule has 4 rings (SSSR count). The molecule has 30 heavy (non-hydrogen) atoms. The van der Waals surface area contributed by atoms with E-state index in [0.29, 0.717) is 46.9 Å². The Morgan fingerprint density at radius 1 is 1.37 bits per heavy atom. The number of H-pyrrole nitrogens is 1. The number of carbonyl (C=O) groups is 2. The molecule has 0 saturated carbocycles. The summed E-state index contributed by atoms with van der Waals surface area (Å²) >= 11 is 1.25. The van der Waals surface area contributed by atoms with Crippen molar-refractivity contribution in [3.05, 3.63) is 40.5 Å². The fraction of sp³-hybridized carbons (Fsp3) is 0.350. The molecule has 1 aliphatic rings. The Kier molecular flexibility index (Phi) is 5.48. The molecule has 1 aliphatic heterocycles. The van der Waals surface area contributed by atoms with Crippen molar-refractivity contribution in [3.8, 4) is 10.6 Å². The van der Waals surface area contributed by atoms with Crippen LogP contribution in [-0.4, -0.2) is 53.7 Å². The molecule has 1 amide bonds. The molecule has 0 spiro atoms. The summed E-state index contributed by atoms with van der Waals surface area (Å²) in [5.74, 6) is -0.279. The van der Waals surface area contributed by atoms with E-state index in [0.717, 1.165) is 22.8 Å². The number of hydrogen-bond donors (Lipinski definition) is 2. The van der Waals surface area contributed by atoms with E-state index in [1.165, 1.54) is 17.5 Å². The number of nitrogens with two attached hydrogens (primary N) is 1. The van der Waals surface area contributed by atoms with Gasteiger partial charge in [-0.2, -0.15) is 0 Å². The predicted octanol–water partition coefficient (Wildman–Crippen LogP) is 2.73. The molecule has 3 aromatic rings. The van der Waals surface area contributed by atoms with Crippen LogP contribution >= 0.6 is 11.3 Å². The zero-order valence-electron chi connectivity index (χ0n) is 16.4. The van der Waals surface area contributed by atoms with Gasteiger partial charge in [0.1, 0.15) is 5.01 Å². The Morgan fingerprint density at radius 2 is 2.10 bits per heavy atom. The van der Waals surface area contributed by atoms with Crippen LogP contribution in [0.5, 0.6) is 0 Å². The van der Waals surface area contributed by atoms with Crippen LogP contribution in [0.25, 0.3) is 21.5 Å². The SMILES string of the molecule is CCS(=O)(=O)N1CCC(c2c[nH]c3c(C(N)=O)cc(-c4ncc(C=O)s4)cc23)CC1. The quantitative estimate of drug-likeness (QED) is 0.563. The maximum Gasteiger partial charge on any atom is 0.250 e. The lowest BCUT2D eigenvalue weighted by Gasteiger charge is -2.31. The fourth-order valence-electron chi connectivity index (χ4n) is 4.01. The standard InChI is InChI=1S/C20H22N4O4S2/c1-2-30(27,28)24-5-3-12(4-6-24)17-10-22-18-15(17)7-13(8-16(18)19(21)26)20-23-9-14(11-25)29-20/h7-12,22H,2-6H2,1H3,(H2,21,26). The molecule has 8 nitrogen and oxygen atoms in total. The number of thiazole rings is 1. The molecule has 0 bridgehead atoms. The topological polar surface area (TPSA) is 126 Å². The zero-order valence-corrected chi connectivity index (χ0v) is 18.1. The first kappa shape index (κ1) is 20.7. The maximum atomic E-state index is 12.1. The second kappa shape index (κ2) is 7.93. The number of fused-ring (bicyclic) bond motifs is 1. The van der Waals surface area contributed by atoms with E-state index in [2.05, 4.69) is 9.97 Å². The van der Waals surface area contributed by atoms with Crippen LogP contribution in [0.2, 0.25) is 0 Å². The van der Waals surface area contributed by atoms with Gasteiger partial charge in [0.05, 0.1) is 21.7 Å². The minimum absolute atomic E-state index is 0.104. The highest BCUT2D eigenvalue weighted by Gasteiger charge is 2.29.